The van der Waals surface area contributed by atoms with Crippen LogP contribution in [0.4, 0.5) is 0 Å². The summed E-state index contributed by atoms with van der Waals surface area (Å²) in [5.74, 6) is 0.463. The van der Waals surface area contributed by atoms with Crippen LogP contribution in [0.1, 0.15) is 59.2 Å². The maximum absolute atomic E-state index is 11.9. The Morgan fingerprint density at radius 3 is 2.91 bits per heavy atom. The molecule has 2 aromatic heterocycles. The average Bonchev–Trinajstić information content (AvgIpc) is 3.05. The highest BCUT2D eigenvalue weighted by molar-refractivity contribution is 7.09. The molecule has 1 amide bonds. The van der Waals surface area contributed by atoms with E-state index in [4.69, 9.17) is 4.98 Å². The lowest BCUT2D eigenvalue weighted by molar-refractivity contribution is 0.0948. The monoisotopic (exact) mass is 316 g/mol. The zero-order valence-electron chi connectivity index (χ0n) is 12.5. The maximum atomic E-state index is 11.9. The van der Waals surface area contributed by atoms with Crippen LogP contribution in [-0.2, 0) is 6.42 Å². The van der Waals surface area contributed by atoms with Crippen LogP contribution < -0.4 is 5.32 Å². The highest BCUT2D eigenvalue weighted by Crippen LogP contribution is 2.33. The van der Waals surface area contributed by atoms with Crippen LogP contribution in [0, 0.1) is 0 Å². The molecule has 22 heavy (non-hydrogen) atoms. The molecule has 3 rings (SSSR count). The predicted octanol–water partition coefficient (Wildman–Crippen LogP) is 2.95. The molecular formula is C16H20N4OS. The zero-order valence-corrected chi connectivity index (χ0v) is 13.3. The molecule has 5 nitrogen and oxygen atoms in total. The molecule has 0 aliphatic heterocycles. The van der Waals surface area contributed by atoms with Gasteiger partial charge in [0.1, 0.15) is 5.69 Å². The molecule has 1 N–H and O–H groups in total. The van der Waals surface area contributed by atoms with Gasteiger partial charge < -0.3 is 5.32 Å². The van der Waals surface area contributed by atoms with E-state index in [1.807, 2.05) is 0 Å². The molecular weight excluding hydrogens is 296 g/mol. The number of amides is 1. The Labute approximate surface area is 134 Å². The Kier molecular flexibility index (Phi) is 5.11. The number of thiazole rings is 1. The summed E-state index contributed by atoms with van der Waals surface area (Å²) in [6, 6.07) is 0. The molecule has 116 valence electrons. The molecule has 0 unspecified atom stereocenters. The van der Waals surface area contributed by atoms with Crippen LogP contribution in [0.2, 0.25) is 0 Å². The third kappa shape index (κ3) is 3.88. The Morgan fingerprint density at radius 1 is 1.27 bits per heavy atom. The van der Waals surface area contributed by atoms with E-state index in [2.05, 4.69) is 20.7 Å². The molecule has 1 fully saturated rings. The molecule has 0 radical (unpaired) electrons. The van der Waals surface area contributed by atoms with Crippen LogP contribution in [0.3, 0.4) is 0 Å². The average molecular weight is 316 g/mol. The number of hydrogen-bond acceptors (Lipinski definition) is 5. The van der Waals surface area contributed by atoms with Gasteiger partial charge in [-0.05, 0) is 12.8 Å². The van der Waals surface area contributed by atoms with Crippen molar-refractivity contribution < 1.29 is 4.79 Å². The van der Waals surface area contributed by atoms with Crippen molar-refractivity contribution in [2.45, 2.75) is 44.4 Å². The standard InChI is InChI=1S/C16H20N4OS/c21-16(13-10-17-8-9-18-13)19-7-6-15-20-14(11-22-15)12-4-2-1-3-5-12/h8-12H,1-7H2,(H,19,21). The second-order valence-electron chi connectivity index (χ2n) is 5.60. The number of rotatable bonds is 5. The topological polar surface area (TPSA) is 67.8 Å². The smallest absolute Gasteiger partial charge is 0.271 e. The van der Waals surface area contributed by atoms with E-state index in [1.165, 1.54) is 50.2 Å². The molecule has 2 aromatic rings. The third-order valence-electron chi connectivity index (χ3n) is 4.01. The Morgan fingerprint density at radius 2 is 2.14 bits per heavy atom. The van der Waals surface area contributed by atoms with Crippen molar-refractivity contribution >= 4 is 17.2 Å². The van der Waals surface area contributed by atoms with Gasteiger partial charge >= 0.3 is 0 Å². The van der Waals surface area contributed by atoms with Gasteiger partial charge in [-0.2, -0.15) is 0 Å². The Hall–Kier alpha value is -1.82. The van der Waals surface area contributed by atoms with Crippen LogP contribution in [0.5, 0.6) is 0 Å². The van der Waals surface area contributed by atoms with E-state index in [9.17, 15) is 4.79 Å². The predicted molar refractivity (Wildman–Crippen MR) is 86.0 cm³/mol. The Balaban J connectivity index is 1.48. The fraction of sp³-hybridized carbons (Fsp3) is 0.500. The second kappa shape index (κ2) is 7.45. The summed E-state index contributed by atoms with van der Waals surface area (Å²) in [5, 5.41) is 6.15. The molecule has 0 saturated heterocycles. The SMILES string of the molecule is O=C(NCCc1nc(C2CCCCC2)cs1)c1cnccn1. The van der Waals surface area contributed by atoms with Crippen molar-refractivity contribution in [3.05, 3.63) is 40.4 Å². The van der Waals surface area contributed by atoms with Gasteiger partial charge in [0.2, 0.25) is 0 Å². The van der Waals surface area contributed by atoms with E-state index < -0.39 is 0 Å². The Bertz CT molecular complexity index is 608. The summed E-state index contributed by atoms with van der Waals surface area (Å²) in [5.41, 5.74) is 1.60. The minimum absolute atomic E-state index is 0.183. The lowest BCUT2D eigenvalue weighted by Crippen LogP contribution is -2.26. The van der Waals surface area contributed by atoms with Gasteiger partial charge in [-0.25, -0.2) is 9.97 Å². The van der Waals surface area contributed by atoms with E-state index in [1.54, 1.807) is 17.5 Å². The molecule has 0 aromatic carbocycles. The van der Waals surface area contributed by atoms with Crippen molar-refractivity contribution in [2.75, 3.05) is 6.54 Å². The fourth-order valence-corrected chi connectivity index (χ4v) is 3.70. The van der Waals surface area contributed by atoms with Crippen molar-refractivity contribution in [1.82, 2.24) is 20.3 Å². The lowest BCUT2D eigenvalue weighted by Gasteiger charge is -2.19. The first-order valence-corrected chi connectivity index (χ1v) is 8.69. The van der Waals surface area contributed by atoms with Crippen LogP contribution >= 0.6 is 11.3 Å². The van der Waals surface area contributed by atoms with Gasteiger partial charge in [0.15, 0.2) is 0 Å². The molecule has 1 saturated carbocycles. The first kappa shape index (κ1) is 15.1. The van der Waals surface area contributed by atoms with E-state index in [-0.39, 0.29) is 5.91 Å². The summed E-state index contributed by atoms with van der Waals surface area (Å²) in [6.07, 6.45) is 11.9. The van der Waals surface area contributed by atoms with Crippen LogP contribution in [0.15, 0.2) is 24.0 Å². The molecule has 6 heteroatoms. The fourth-order valence-electron chi connectivity index (χ4n) is 2.82. The lowest BCUT2D eigenvalue weighted by atomic mass is 9.87. The van der Waals surface area contributed by atoms with Gasteiger partial charge in [0.25, 0.3) is 5.91 Å². The van der Waals surface area contributed by atoms with Gasteiger partial charge in [-0.3, -0.25) is 9.78 Å². The van der Waals surface area contributed by atoms with Crippen molar-refractivity contribution in [2.24, 2.45) is 0 Å². The zero-order chi connectivity index (χ0) is 15.2. The molecule has 0 spiro atoms. The first-order chi connectivity index (χ1) is 10.8. The normalized spacial score (nSPS) is 15.6. The van der Waals surface area contributed by atoms with E-state index in [0.717, 1.165) is 11.4 Å². The summed E-state index contributed by atoms with van der Waals surface area (Å²) in [6.45, 7) is 0.576. The molecule has 1 aliphatic carbocycles. The van der Waals surface area contributed by atoms with Crippen LogP contribution in [-0.4, -0.2) is 27.4 Å². The number of nitrogens with zero attached hydrogens (tertiary/aromatic N) is 3. The maximum Gasteiger partial charge on any atom is 0.271 e. The van der Waals surface area contributed by atoms with Gasteiger partial charge in [0.05, 0.1) is 16.9 Å². The second-order valence-corrected chi connectivity index (χ2v) is 6.54. The molecule has 0 bridgehead atoms. The van der Waals surface area contributed by atoms with E-state index in [0.29, 0.717) is 18.2 Å². The summed E-state index contributed by atoms with van der Waals surface area (Å²) < 4.78 is 0. The summed E-state index contributed by atoms with van der Waals surface area (Å²) in [4.78, 5) is 24.5. The minimum Gasteiger partial charge on any atom is -0.350 e. The van der Waals surface area contributed by atoms with Gasteiger partial charge in [0, 0.05) is 36.7 Å². The number of aromatic nitrogens is 3. The van der Waals surface area contributed by atoms with E-state index >= 15 is 0 Å². The number of hydrogen-bond donors (Lipinski definition) is 1. The minimum atomic E-state index is -0.183. The largest absolute Gasteiger partial charge is 0.350 e. The highest BCUT2D eigenvalue weighted by Gasteiger charge is 2.18. The van der Waals surface area contributed by atoms with Crippen molar-refractivity contribution in [3.63, 3.8) is 0 Å². The highest BCUT2D eigenvalue weighted by atomic mass is 32.1. The van der Waals surface area contributed by atoms with Gasteiger partial charge in [-0.1, -0.05) is 19.3 Å². The first-order valence-electron chi connectivity index (χ1n) is 7.81. The third-order valence-corrected chi connectivity index (χ3v) is 4.94. The summed E-state index contributed by atoms with van der Waals surface area (Å²) in [7, 11) is 0. The molecule has 2 heterocycles. The summed E-state index contributed by atoms with van der Waals surface area (Å²) >= 11 is 1.70. The van der Waals surface area contributed by atoms with Crippen molar-refractivity contribution in [1.29, 1.82) is 0 Å². The quantitative estimate of drug-likeness (QED) is 0.921. The van der Waals surface area contributed by atoms with Crippen LogP contribution in [0.25, 0.3) is 0 Å². The van der Waals surface area contributed by atoms with Crippen molar-refractivity contribution in [3.8, 4) is 0 Å². The molecule has 1 aliphatic rings. The number of carbonyl (C=O) groups is 1. The molecule has 0 atom stereocenters. The number of carbonyl (C=O) groups excluding carboxylic acids is 1. The number of nitrogens with one attached hydrogen (secondary N) is 1. The van der Waals surface area contributed by atoms with Gasteiger partial charge in [-0.15, -0.1) is 11.3 Å².